The smallest absolute Gasteiger partial charge is 0.244 e. The fraction of sp³-hybridized carbons (Fsp3) is 0.176. The maximum Gasteiger partial charge on any atom is 0.244 e. The molecule has 0 saturated heterocycles. The second-order valence-corrected chi connectivity index (χ2v) is 7.47. The van der Waals surface area contributed by atoms with Crippen LogP contribution in [0.2, 0.25) is 5.02 Å². The molecule has 2 rings (SSSR count). The van der Waals surface area contributed by atoms with Gasteiger partial charge in [-0.1, -0.05) is 11.6 Å². The molecule has 7 nitrogen and oxygen atoms in total. The summed E-state index contributed by atoms with van der Waals surface area (Å²) in [6.07, 6.45) is 0. The van der Waals surface area contributed by atoms with Gasteiger partial charge in [-0.25, -0.2) is 13.1 Å². The highest BCUT2D eigenvalue weighted by Crippen LogP contribution is 2.26. The van der Waals surface area contributed by atoms with Crippen LogP contribution in [0.15, 0.2) is 47.4 Å². The van der Waals surface area contributed by atoms with Gasteiger partial charge in [0.15, 0.2) is 5.78 Å². The first-order valence-corrected chi connectivity index (χ1v) is 9.33. The third-order valence-corrected chi connectivity index (χ3v) is 5.07. The Balaban J connectivity index is 2.04. The van der Waals surface area contributed by atoms with Crippen molar-refractivity contribution in [2.24, 2.45) is 0 Å². The Morgan fingerprint density at radius 3 is 2.35 bits per heavy atom. The molecular formula is C17H17ClN2O5S. The van der Waals surface area contributed by atoms with Gasteiger partial charge in [0.05, 0.1) is 13.7 Å². The molecule has 0 saturated carbocycles. The van der Waals surface area contributed by atoms with E-state index in [9.17, 15) is 18.0 Å². The zero-order valence-corrected chi connectivity index (χ0v) is 15.6. The van der Waals surface area contributed by atoms with Crippen molar-refractivity contribution >= 4 is 39.0 Å². The number of ketones is 1. The first-order valence-electron chi connectivity index (χ1n) is 7.47. The van der Waals surface area contributed by atoms with E-state index >= 15 is 0 Å². The number of anilines is 1. The lowest BCUT2D eigenvalue weighted by atomic mass is 10.1. The van der Waals surface area contributed by atoms with Crippen LogP contribution in [0.5, 0.6) is 5.75 Å². The van der Waals surface area contributed by atoms with Crippen molar-refractivity contribution in [3.05, 3.63) is 53.1 Å². The fourth-order valence-corrected chi connectivity index (χ4v) is 3.50. The predicted molar refractivity (Wildman–Crippen MR) is 98.3 cm³/mol. The number of methoxy groups -OCH3 is 1. The van der Waals surface area contributed by atoms with Gasteiger partial charge in [0, 0.05) is 16.3 Å². The number of carbonyl (C=O) groups excluding carboxylic acids is 2. The van der Waals surface area contributed by atoms with Gasteiger partial charge in [-0.05, 0) is 49.4 Å². The van der Waals surface area contributed by atoms with E-state index in [0.29, 0.717) is 11.3 Å². The highest BCUT2D eigenvalue weighted by atomic mass is 35.5. The highest BCUT2D eigenvalue weighted by Gasteiger charge is 2.21. The van der Waals surface area contributed by atoms with E-state index in [4.69, 9.17) is 16.3 Å². The van der Waals surface area contributed by atoms with Crippen molar-refractivity contribution in [1.82, 2.24) is 4.72 Å². The van der Waals surface area contributed by atoms with Gasteiger partial charge in [0.2, 0.25) is 15.9 Å². The third-order valence-electron chi connectivity index (χ3n) is 3.41. The summed E-state index contributed by atoms with van der Waals surface area (Å²) in [6.45, 7) is 0.957. The molecule has 0 radical (unpaired) electrons. The van der Waals surface area contributed by atoms with Crippen LogP contribution in [0.3, 0.4) is 0 Å². The summed E-state index contributed by atoms with van der Waals surface area (Å²) in [5.74, 6) is -0.543. The molecule has 2 aromatic carbocycles. The first-order chi connectivity index (χ1) is 12.2. The summed E-state index contributed by atoms with van der Waals surface area (Å²) in [5.41, 5.74) is 0.955. The summed E-state index contributed by atoms with van der Waals surface area (Å²) >= 11 is 5.83. The Kier molecular flexibility index (Phi) is 6.36. The minimum Gasteiger partial charge on any atom is -0.495 e. The number of halogens is 1. The van der Waals surface area contributed by atoms with Crippen molar-refractivity contribution in [2.75, 3.05) is 19.0 Å². The van der Waals surface area contributed by atoms with Crippen LogP contribution in [-0.4, -0.2) is 33.8 Å². The van der Waals surface area contributed by atoms with Crippen molar-refractivity contribution in [1.29, 1.82) is 0 Å². The molecule has 0 heterocycles. The van der Waals surface area contributed by atoms with E-state index in [-0.39, 0.29) is 21.5 Å². The molecule has 0 spiro atoms. The van der Waals surface area contributed by atoms with E-state index in [1.807, 2.05) is 0 Å². The van der Waals surface area contributed by atoms with Crippen LogP contribution in [0.4, 0.5) is 5.69 Å². The third kappa shape index (κ3) is 5.04. The minimum absolute atomic E-state index is 0.0916. The molecule has 138 valence electrons. The molecule has 0 fully saturated rings. The van der Waals surface area contributed by atoms with Gasteiger partial charge in [0.1, 0.15) is 10.6 Å². The number of ether oxygens (including phenoxy) is 1. The van der Waals surface area contributed by atoms with Crippen LogP contribution in [-0.2, 0) is 14.8 Å². The molecule has 0 unspecified atom stereocenters. The number of amides is 1. The summed E-state index contributed by atoms with van der Waals surface area (Å²) < 4.78 is 32.0. The van der Waals surface area contributed by atoms with Gasteiger partial charge < -0.3 is 10.1 Å². The van der Waals surface area contributed by atoms with E-state index in [1.54, 1.807) is 24.3 Å². The number of sulfonamides is 1. The summed E-state index contributed by atoms with van der Waals surface area (Å²) in [6, 6.07) is 10.4. The Hall–Kier alpha value is -2.42. The van der Waals surface area contributed by atoms with Gasteiger partial charge >= 0.3 is 0 Å². The number of hydrogen-bond acceptors (Lipinski definition) is 5. The van der Waals surface area contributed by atoms with Gasteiger partial charge in [-0.2, -0.15) is 0 Å². The monoisotopic (exact) mass is 396 g/mol. The predicted octanol–water partition coefficient (Wildman–Crippen LogP) is 2.47. The molecule has 2 aromatic rings. The van der Waals surface area contributed by atoms with Gasteiger partial charge in [-0.15, -0.1) is 0 Å². The van der Waals surface area contributed by atoms with Crippen molar-refractivity contribution in [2.45, 2.75) is 11.8 Å². The lowest BCUT2D eigenvalue weighted by Gasteiger charge is -2.11. The van der Waals surface area contributed by atoms with Crippen LogP contribution in [0.25, 0.3) is 0 Å². The molecule has 2 N–H and O–H groups in total. The second-order valence-electron chi connectivity index (χ2n) is 5.30. The van der Waals surface area contributed by atoms with Crippen LogP contribution in [0, 0.1) is 0 Å². The second kappa shape index (κ2) is 8.31. The molecule has 0 atom stereocenters. The van der Waals surface area contributed by atoms with Crippen LogP contribution in [0.1, 0.15) is 17.3 Å². The number of Topliss-reactive ketones (excluding diaryl/α,β-unsaturated/α-hetero) is 1. The quantitative estimate of drug-likeness (QED) is 0.700. The van der Waals surface area contributed by atoms with Gasteiger partial charge in [0.25, 0.3) is 0 Å². The fourth-order valence-electron chi connectivity index (χ4n) is 2.09. The molecule has 9 heteroatoms. The largest absolute Gasteiger partial charge is 0.495 e. The minimum atomic E-state index is -4.00. The average molecular weight is 397 g/mol. The molecule has 0 aliphatic rings. The summed E-state index contributed by atoms with van der Waals surface area (Å²) in [4.78, 5) is 23.0. The standard InChI is InChI=1S/C17H17ClN2O5S/c1-11(21)12-3-6-14(7-4-12)20-17(22)10-19-26(23,24)16-9-13(18)5-8-15(16)25-2/h3-9,19H,10H2,1-2H3,(H,20,22). The lowest BCUT2D eigenvalue weighted by molar-refractivity contribution is -0.115. The van der Waals surface area contributed by atoms with Crippen molar-refractivity contribution in [3.63, 3.8) is 0 Å². The molecular weight excluding hydrogens is 380 g/mol. The zero-order chi connectivity index (χ0) is 19.3. The van der Waals surface area contributed by atoms with E-state index in [1.165, 1.54) is 32.2 Å². The Bertz CT molecular complexity index is 927. The number of hydrogen-bond donors (Lipinski definition) is 2. The highest BCUT2D eigenvalue weighted by molar-refractivity contribution is 7.89. The summed E-state index contributed by atoms with van der Waals surface area (Å²) in [5, 5.41) is 2.76. The van der Waals surface area contributed by atoms with Crippen molar-refractivity contribution < 1.29 is 22.7 Å². The Morgan fingerprint density at radius 1 is 1.12 bits per heavy atom. The number of benzene rings is 2. The normalized spacial score (nSPS) is 11.0. The molecule has 0 bridgehead atoms. The van der Waals surface area contributed by atoms with Crippen LogP contribution >= 0.6 is 11.6 Å². The van der Waals surface area contributed by atoms with E-state index in [0.717, 1.165) is 0 Å². The molecule has 0 aliphatic carbocycles. The molecule has 0 aliphatic heterocycles. The van der Waals surface area contributed by atoms with E-state index < -0.39 is 22.5 Å². The van der Waals surface area contributed by atoms with Crippen LogP contribution < -0.4 is 14.8 Å². The molecule has 26 heavy (non-hydrogen) atoms. The summed E-state index contributed by atoms with van der Waals surface area (Å²) in [7, 11) is -2.66. The lowest BCUT2D eigenvalue weighted by Crippen LogP contribution is -2.33. The molecule has 1 amide bonds. The molecule has 0 aromatic heterocycles. The topological polar surface area (TPSA) is 102 Å². The maximum atomic E-state index is 12.4. The van der Waals surface area contributed by atoms with Crippen molar-refractivity contribution in [3.8, 4) is 5.75 Å². The number of carbonyl (C=O) groups is 2. The Labute approximate surface area is 156 Å². The number of nitrogens with one attached hydrogen (secondary N) is 2. The SMILES string of the molecule is COc1ccc(Cl)cc1S(=O)(=O)NCC(=O)Nc1ccc(C(C)=O)cc1. The zero-order valence-electron chi connectivity index (χ0n) is 14.1. The Morgan fingerprint density at radius 2 is 1.77 bits per heavy atom. The maximum absolute atomic E-state index is 12.4. The number of rotatable bonds is 7. The first kappa shape index (κ1) is 19.9. The van der Waals surface area contributed by atoms with Gasteiger partial charge in [-0.3, -0.25) is 9.59 Å². The van der Waals surface area contributed by atoms with E-state index in [2.05, 4.69) is 10.0 Å². The average Bonchev–Trinajstić information content (AvgIpc) is 2.60.